The summed E-state index contributed by atoms with van der Waals surface area (Å²) in [5, 5.41) is 9.36. The zero-order chi connectivity index (χ0) is 14.0. The van der Waals surface area contributed by atoms with Gasteiger partial charge in [-0.15, -0.1) is 0 Å². The van der Waals surface area contributed by atoms with Gasteiger partial charge >= 0.3 is 0 Å². The standard InChI is InChI=1S/C13H19N3O3/c1-8-2-3-16(10(4-8)7-14)13(19)9-5-11(17)15-12(18)6-9/h5-6,8,10H,2-4,7,14H2,1H3,(H2,15,17,18). The molecule has 1 aromatic heterocycles. The van der Waals surface area contributed by atoms with Crippen LogP contribution in [0, 0.1) is 5.92 Å². The highest BCUT2D eigenvalue weighted by molar-refractivity contribution is 5.94. The number of hydrogen-bond donors (Lipinski definition) is 3. The quantitative estimate of drug-likeness (QED) is 0.715. The number of carbonyl (C=O) groups excluding carboxylic acids is 1. The van der Waals surface area contributed by atoms with Crippen LogP contribution in [0.5, 0.6) is 5.88 Å². The van der Waals surface area contributed by atoms with Gasteiger partial charge < -0.3 is 15.7 Å². The van der Waals surface area contributed by atoms with E-state index < -0.39 is 5.56 Å². The van der Waals surface area contributed by atoms with Crippen molar-refractivity contribution in [2.45, 2.75) is 25.8 Å². The third kappa shape index (κ3) is 2.96. The van der Waals surface area contributed by atoms with E-state index in [1.807, 2.05) is 0 Å². The number of carbonyl (C=O) groups is 1. The van der Waals surface area contributed by atoms with Gasteiger partial charge in [0.1, 0.15) is 0 Å². The third-order valence-electron chi connectivity index (χ3n) is 3.59. The molecular weight excluding hydrogens is 246 g/mol. The minimum Gasteiger partial charge on any atom is -0.494 e. The Morgan fingerprint density at radius 3 is 2.95 bits per heavy atom. The van der Waals surface area contributed by atoms with Crippen molar-refractivity contribution in [3.63, 3.8) is 0 Å². The minimum absolute atomic E-state index is 0.00215. The Morgan fingerprint density at radius 1 is 1.58 bits per heavy atom. The van der Waals surface area contributed by atoms with E-state index >= 15 is 0 Å². The largest absolute Gasteiger partial charge is 0.494 e. The highest BCUT2D eigenvalue weighted by Crippen LogP contribution is 2.23. The Labute approximate surface area is 111 Å². The van der Waals surface area contributed by atoms with Gasteiger partial charge in [-0.1, -0.05) is 6.92 Å². The molecule has 2 atom stereocenters. The van der Waals surface area contributed by atoms with Crippen molar-refractivity contribution in [1.29, 1.82) is 0 Å². The third-order valence-corrected chi connectivity index (χ3v) is 3.59. The number of aromatic amines is 1. The summed E-state index contributed by atoms with van der Waals surface area (Å²) in [6.07, 6.45) is 1.80. The highest BCUT2D eigenvalue weighted by Gasteiger charge is 2.29. The number of H-pyrrole nitrogens is 1. The second-order valence-electron chi connectivity index (χ2n) is 5.14. The topological polar surface area (TPSA) is 99.4 Å². The van der Waals surface area contributed by atoms with Crippen LogP contribution >= 0.6 is 0 Å². The number of aromatic nitrogens is 1. The summed E-state index contributed by atoms with van der Waals surface area (Å²) in [6, 6.07) is 2.47. The molecule has 0 aliphatic carbocycles. The Balaban J connectivity index is 2.25. The van der Waals surface area contributed by atoms with E-state index in [9.17, 15) is 14.7 Å². The van der Waals surface area contributed by atoms with Gasteiger partial charge in [0.15, 0.2) is 5.88 Å². The van der Waals surface area contributed by atoms with Crippen LogP contribution in [0.15, 0.2) is 16.9 Å². The van der Waals surface area contributed by atoms with E-state index in [-0.39, 0.29) is 23.4 Å². The lowest BCUT2D eigenvalue weighted by Gasteiger charge is -2.38. The van der Waals surface area contributed by atoms with Crippen LogP contribution < -0.4 is 11.3 Å². The van der Waals surface area contributed by atoms with Gasteiger partial charge in [-0.25, -0.2) is 0 Å². The number of pyridine rings is 1. The fourth-order valence-electron chi connectivity index (χ4n) is 2.56. The van der Waals surface area contributed by atoms with Crippen LogP contribution in [-0.4, -0.2) is 40.0 Å². The molecule has 104 valence electrons. The molecule has 0 bridgehead atoms. The summed E-state index contributed by atoms with van der Waals surface area (Å²) in [5.74, 6) is -0.000505. The van der Waals surface area contributed by atoms with Crippen LogP contribution in [0.2, 0.25) is 0 Å². The highest BCUT2D eigenvalue weighted by atomic mass is 16.3. The number of rotatable bonds is 2. The van der Waals surface area contributed by atoms with Gasteiger partial charge in [-0.05, 0) is 18.8 Å². The molecule has 4 N–H and O–H groups in total. The molecule has 6 nitrogen and oxygen atoms in total. The molecule has 1 fully saturated rings. The van der Waals surface area contributed by atoms with Crippen molar-refractivity contribution in [2.24, 2.45) is 11.7 Å². The maximum absolute atomic E-state index is 12.4. The Morgan fingerprint density at radius 2 is 2.32 bits per heavy atom. The number of amides is 1. The summed E-state index contributed by atoms with van der Waals surface area (Å²) in [5.41, 5.74) is 5.44. The molecule has 1 aliphatic heterocycles. The maximum Gasteiger partial charge on any atom is 0.254 e. The number of nitrogens with one attached hydrogen (secondary N) is 1. The first kappa shape index (κ1) is 13.6. The van der Waals surface area contributed by atoms with Crippen LogP contribution in [0.25, 0.3) is 0 Å². The summed E-state index contributed by atoms with van der Waals surface area (Å²) >= 11 is 0. The molecule has 6 heteroatoms. The SMILES string of the molecule is CC1CCN(C(=O)c2cc(O)[nH]c(=O)c2)C(CN)C1. The monoisotopic (exact) mass is 265 g/mol. The van der Waals surface area contributed by atoms with E-state index in [0.717, 1.165) is 12.8 Å². The van der Waals surface area contributed by atoms with Crippen LogP contribution in [-0.2, 0) is 0 Å². The molecule has 19 heavy (non-hydrogen) atoms. The lowest BCUT2D eigenvalue weighted by Crippen LogP contribution is -2.49. The average Bonchev–Trinajstić information content (AvgIpc) is 2.36. The lowest BCUT2D eigenvalue weighted by atomic mass is 9.92. The second kappa shape index (κ2) is 5.44. The lowest BCUT2D eigenvalue weighted by molar-refractivity contribution is 0.0573. The van der Waals surface area contributed by atoms with E-state index in [1.165, 1.54) is 12.1 Å². The fraction of sp³-hybridized carbons (Fsp3) is 0.538. The molecule has 0 saturated carbocycles. The van der Waals surface area contributed by atoms with Gasteiger partial charge in [-0.2, -0.15) is 0 Å². The molecule has 1 saturated heterocycles. The predicted octanol–water partition coefficient (Wildman–Crippen LogP) is 0.280. The van der Waals surface area contributed by atoms with Crippen molar-refractivity contribution in [3.8, 4) is 5.88 Å². The van der Waals surface area contributed by atoms with Crippen molar-refractivity contribution in [2.75, 3.05) is 13.1 Å². The maximum atomic E-state index is 12.4. The second-order valence-corrected chi connectivity index (χ2v) is 5.14. The first-order valence-corrected chi connectivity index (χ1v) is 6.45. The molecule has 2 unspecified atom stereocenters. The minimum atomic E-state index is -0.488. The first-order valence-electron chi connectivity index (χ1n) is 6.45. The van der Waals surface area contributed by atoms with Gasteiger partial charge in [0.2, 0.25) is 0 Å². The molecule has 2 rings (SSSR count). The Kier molecular flexibility index (Phi) is 3.90. The zero-order valence-electron chi connectivity index (χ0n) is 10.9. The number of hydrogen-bond acceptors (Lipinski definition) is 4. The van der Waals surface area contributed by atoms with Gasteiger partial charge in [0.25, 0.3) is 11.5 Å². The number of nitrogens with two attached hydrogens (primary N) is 1. The molecule has 0 radical (unpaired) electrons. The molecule has 0 spiro atoms. The predicted molar refractivity (Wildman–Crippen MR) is 71.0 cm³/mol. The van der Waals surface area contributed by atoms with Gasteiger partial charge in [-0.3, -0.25) is 14.6 Å². The molecule has 0 aromatic carbocycles. The number of nitrogens with zero attached hydrogens (tertiary/aromatic N) is 1. The van der Waals surface area contributed by atoms with Crippen molar-refractivity contribution in [3.05, 3.63) is 28.0 Å². The van der Waals surface area contributed by atoms with Gasteiger partial charge in [0, 0.05) is 31.3 Å². The van der Waals surface area contributed by atoms with Crippen LogP contribution in [0.1, 0.15) is 30.1 Å². The van der Waals surface area contributed by atoms with Crippen LogP contribution in [0.3, 0.4) is 0 Å². The fourth-order valence-corrected chi connectivity index (χ4v) is 2.56. The number of aromatic hydroxyl groups is 1. The summed E-state index contributed by atoms with van der Waals surface area (Å²) in [6.45, 7) is 3.18. The summed E-state index contributed by atoms with van der Waals surface area (Å²) < 4.78 is 0. The van der Waals surface area contributed by atoms with Crippen molar-refractivity contribution >= 4 is 5.91 Å². The molecule has 2 heterocycles. The van der Waals surface area contributed by atoms with E-state index in [2.05, 4.69) is 11.9 Å². The van der Waals surface area contributed by atoms with E-state index in [4.69, 9.17) is 5.73 Å². The van der Waals surface area contributed by atoms with Crippen LogP contribution in [0.4, 0.5) is 0 Å². The average molecular weight is 265 g/mol. The molecule has 1 aromatic rings. The van der Waals surface area contributed by atoms with Crippen molar-refractivity contribution in [1.82, 2.24) is 9.88 Å². The Hall–Kier alpha value is -1.82. The number of likely N-dealkylation sites (tertiary alicyclic amines) is 1. The summed E-state index contributed by atoms with van der Waals surface area (Å²) in [7, 11) is 0. The molecule has 1 amide bonds. The Bertz CT molecular complexity index is 526. The molecular formula is C13H19N3O3. The van der Waals surface area contributed by atoms with Gasteiger partial charge in [0.05, 0.1) is 5.56 Å². The van der Waals surface area contributed by atoms with Crippen molar-refractivity contribution < 1.29 is 9.90 Å². The molecule has 1 aliphatic rings. The first-order chi connectivity index (χ1) is 9.01. The zero-order valence-corrected chi connectivity index (χ0v) is 10.9. The number of piperidine rings is 1. The summed E-state index contributed by atoms with van der Waals surface area (Å²) in [4.78, 5) is 27.6. The van der Waals surface area contributed by atoms with E-state index in [0.29, 0.717) is 19.0 Å². The van der Waals surface area contributed by atoms with E-state index in [1.54, 1.807) is 4.90 Å². The normalized spacial score (nSPS) is 23.4. The smallest absolute Gasteiger partial charge is 0.254 e.